The van der Waals surface area contributed by atoms with Crippen molar-refractivity contribution >= 4 is 50.5 Å². The third-order valence-electron chi connectivity index (χ3n) is 3.61. The summed E-state index contributed by atoms with van der Waals surface area (Å²) in [4.78, 5) is 12.4. The Hall–Kier alpha value is -2.54. The maximum atomic E-state index is 12.5. The van der Waals surface area contributed by atoms with Crippen LogP contribution >= 0.6 is 23.2 Å². The van der Waals surface area contributed by atoms with Crippen LogP contribution in [0.4, 0.5) is 11.4 Å². The Morgan fingerprint density at radius 2 is 1.59 bits per heavy atom. The average molecular weight is 421 g/mol. The van der Waals surface area contributed by atoms with E-state index in [9.17, 15) is 13.2 Å². The first kappa shape index (κ1) is 19.2. The lowest BCUT2D eigenvalue weighted by Gasteiger charge is -2.10. The van der Waals surface area contributed by atoms with Gasteiger partial charge in [-0.1, -0.05) is 47.5 Å². The summed E-state index contributed by atoms with van der Waals surface area (Å²) in [6, 6.07) is 18.9. The molecule has 0 radical (unpaired) electrons. The van der Waals surface area contributed by atoms with Gasteiger partial charge in [0, 0.05) is 16.3 Å². The summed E-state index contributed by atoms with van der Waals surface area (Å²) in [7, 11) is -3.83. The minimum Gasteiger partial charge on any atom is -0.321 e. The first-order chi connectivity index (χ1) is 12.8. The fourth-order valence-corrected chi connectivity index (χ4v) is 3.87. The molecule has 3 aromatic rings. The Bertz CT molecular complexity index is 1090. The number of amides is 1. The lowest BCUT2D eigenvalue weighted by atomic mass is 10.2. The Morgan fingerprint density at radius 3 is 2.30 bits per heavy atom. The molecule has 0 atom stereocenters. The second kappa shape index (κ2) is 8.00. The van der Waals surface area contributed by atoms with E-state index in [1.165, 1.54) is 30.3 Å². The van der Waals surface area contributed by atoms with Crippen LogP contribution in [0.2, 0.25) is 10.0 Å². The smallest absolute Gasteiger partial charge is 0.261 e. The summed E-state index contributed by atoms with van der Waals surface area (Å²) in [5.74, 6) is -0.490. The van der Waals surface area contributed by atoms with Gasteiger partial charge in [0.1, 0.15) is 0 Å². The largest absolute Gasteiger partial charge is 0.321 e. The Labute approximate surface area is 167 Å². The molecule has 8 heteroatoms. The van der Waals surface area contributed by atoms with Crippen molar-refractivity contribution in [3.8, 4) is 0 Å². The molecule has 0 fully saturated rings. The maximum absolute atomic E-state index is 12.5. The van der Waals surface area contributed by atoms with Crippen LogP contribution in [0.5, 0.6) is 0 Å². The van der Waals surface area contributed by atoms with Gasteiger partial charge >= 0.3 is 0 Å². The van der Waals surface area contributed by atoms with Crippen molar-refractivity contribution in [3.05, 3.63) is 88.4 Å². The van der Waals surface area contributed by atoms with Crippen LogP contribution in [-0.4, -0.2) is 14.3 Å². The summed E-state index contributed by atoms with van der Waals surface area (Å²) >= 11 is 11.9. The zero-order valence-corrected chi connectivity index (χ0v) is 16.1. The molecule has 3 aromatic carbocycles. The predicted octanol–water partition coefficient (Wildman–Crippen LogP) is 5.05. The molecule has 0 heterocycles. The van der Waals surface area contributed by atoms with Crippen LogP contribution in [-0.2, 0) is 10.0 Å². The second-order valence-electron chi connectivity index (χ2n) is 5.58. The van der Waals surface area contributed by atoms with Gasteiger partial charge < -0.3 is 5.32 Å². The topological polar surface area (TPSA) is 75.3 Å². The van der Waals surface area contributed by atoms with Crippen molar-refractivity contribution < 1.29 is 13.2 Å². The highest BCUT2D eigenvalue weighted by atomic mass is 35.5. The molecule has 1 amide bonds. The van der Waals surface area contributed by atoms with Crippen molar-refractivity contribution in [1.82, 2.24) is 0 Å². The summed E-state index contributed by atoms with van der Waals surface area (Å²) in [6.07, 6.45) is 0. The van der Waals surface area contributed by atoms with Gasteiger partial charge in [0.05, 0.1) is 15.6 Å². The summed E-state index contributed by atoms with van der Waals surface area (Å²) in [5.41, 5.74) is 0.985. The van der Waals surface area contributed by atoms with Crippen LogP contribution < -0.4 is 10.0 Å². The standard InChI is InChI=1S/C19H14Cl2N2O3S/c20-14-9-10-18(17(21)12-14)22-19(24)13-5-4-8-16(11-13)27(25,26)23-15-6-2-1-3-7-15/h1-12,23H,(H,22,24). The lowest BCUT2D eigenvalue weighted by molar-refractivity contribution is 0.102. The van der Waals surface area contributed by atoms with Crippen molar-refractivity contribution in [2.75, 3.05) is 10.0 Å². The van der Waals surface area contributed by atoms with E-state index in [0.717, 1.165) is 0 Å². The number of carbonyl (C=O) groups excluding carboxylic acids is 1. The van der Waals surface area contributed by atoms with Gasteiger partial charge in [0.2, 0.25) is 0 Å². The molecule has 0 bridgehead atoms. The van der Waals surface area contributed by atoms with Crippen molar-refractivity contribution in [2.24, 2.45) is 0 Å². The van der Waals surface area contributed by atoms with Gasteiger partial charge in [-0.3, -0.25) is 9.52 Å². The number of hydrogen-bond acceptors (Lipinski definition) is 3. The summed E-state index contributed by atoms with van der Waals surface area (Å²) < 4.78 is 27.6. The third-order valence-corrected chi connectivity index (χ3v) is 5.54. The molecule has 0 aliphatic carbocycles. The number of benzene rings is 3. The summed E-state index contributed by atoms with van der Waals surface area (Å²) in [6.45, 7) is 0. The van der Waals surface area contributed by atoms with E-state index >= 15 is 0 Å². The Morgan fingerprint density at radius 1 is 0.852 bits per heavy atom. The van der Waals surface area contributed by atoms with Gasteiger partial charge in [0.15, 0.2) is 0 Å². The van der Waals surface area contributed by atoms with E-state index in [1.54, 1.807) is 42.5 Å². The number of para-hydroxylation sites is 1. The SMILES string of the molecule is O=C(Nc1ccc(Cl)cc1Cl)c1cccc(S(=O)(=O)Nc2ccccc2)c1. The van der Waals surface area contributed by atoms with E-state index in [2.05, 4.69) is 10.0 Å². The minimum absolute atomic E-state index is 0.0267. The average Bonchev–Trinajstić information content (AvgIpc) is 2.64. The number of halogens is 2. The molecular weight excluding hydrogens is 407 g/mol. The van der Waals surface area contributed by atoms with E-state index in [0.29, 0.717) is 16.4 Å². The van der Waals surface area contributed by atoms with E-state index in [4.69, 9.17) is 23.2 Å². The quantitative estimate of drug-likeness (QED) is 0.606. The molecule has 0 aromatic heterocycles. The first-order valence-corrected chi connectivity index (χ1v) is 10.0. The minimum atomic E-state index is -3.83. The fourth-order valence-electron chi connectivity index (χ4n) is 2.31. The Balaban J connectivity index is 1.83. The lowest BCUT2D eigenvalue weighted by Crippen LogP contribution is -2.16. The maximum Gasteiger partial charge on any atom is 0.261 e. The fraction of sp³-hybridized carbons (Fsp3) is 0. The number of nitrogens with one attached hydrogen (secondary N) is 2. The molecule has 0 aliphatic rings. The highest BCUT2D eigenvalue weighted by molar-refractivity contribution is 7.92. The molecule has 0 spiro atoms. The molecule has 0 aliphatic heterocycles. The van der Waals surface area contributed by atoms with Gasteiger partial charge in [-0.25, -0.2) is 8.42 Å². The normalized spacial score (nSPS) is 11.0. The number of carbonyl (C=O) groups is 1. The number of hydrogen-bond donors (Lipinski definition) is 2. The molecule has 0 saturated carbocycles. The van der Waals surface area contributed by atoms with Crippen molar-refractivity contribution in [1.29, 1.82) is 0 Å². The van der Waals surface area contributed by atoms with Gasteiger partial charge in [-0.15, -0.1) is 0 Å². The molecule has 27 heavy (non-hydrogen) atoms. The first-order valence-electron chi connectivity index (χ1n) is 7.79. The van der Waals surface area contributed by atoms with Crippen LogP contribution in [0, 0.1) is 0 Å². The van der Waals surface area contributed by atoms with Gasteiger partial charge in [0.25, 0.3) is 15.9 Å². The number of anilines is 2. The third kappa shape index (κ3) is 4.80. The number of sulfonamides is 1. The molecule has 138 valence electrons. The number of rotatable bonds is 5. The zero-order valence-electron chi connectivity index (χ0n) is 13.8. The van der Waals surface area contributed by atoms with Crippen LogP contribution in [0.15, 0.2) is 77.7 Å². The van der Waals surface area contributed by atoms with Crippen LogP contribution in [0.25, 0.3) is 0 Å². The van der Waals surface area contributed by atoms with Gasteiger partial charge in [-0.2, -0.15) is 0 Å². The predicted molar refractivity (Wildman–Crippen MR) is 108 cm³/mol. The van der Waals surface area contributed by atoms with E-state index in [1.807, 2.05) is 0 Å². The molecule has 5 nitrogen and oxygen atoms in total. The molecule has 0 unspecified atom stereocenters. The monoisotopic (exact) mass is 420 g/mol. The molecule has 3 rings (SSSR count). The van der Waals surface area contributed by atoms with Crippen molar-refractivity contribution in [2.45, 2.75) is 4.90 Å². The zero-order chi connectivity index (χ0) is 19.4. The summed E-state index contributed by atoms with van der Waals surface area (Å²) in [5, 5.41) is 3.36. The van der Waals surface area contributed by atoms with Crippen LogP contribution in [0.1, 0.15) is 10.4 Å². The van der Waals surface area contributed by atoms with E-state index < -0.39 is 15.9 Å². The van der Waals surface area contributed by atoms with Crippen molar-refractivity contribution in [3.63, 3.8) is 0 Å². The van der Waals surface area contributed by atoms with Gasteiger partial charge in [-0.05, 0) is 48.5 Å². The van der Waals surface area contributed by atoms with E-state index in [-0.39, 0.29) is 15.5 Å². The second-order valence-corrected chi connectivity index (χ2v) is 8.10. The molecule has 0 saturated heterocycles. The highest BCUT2D eigenvalue weighted by Gasteiger charge is 2.17. The highest BCUT2D eigenvalue weighted by Crippen LogP contribution is 2.26. The molecule has 2 N–H and O–H groups in total. The van der Waals surface area contributed by atoms with Crippen LogP contribution in [0.3, 0.4) is 0 Å². The molecular formula is C19H14Cl2N2O3S. The Kier molecular flexibility index (Phi) is 5.70.